The molecule has 0 unspecified atom stereocenters. The van der Waals surface area contributed by atoms with Crippen molar-refractivity contribution in [3.8, 4) is 11.5 Å². The second-order valence-corrected chi connectivity index (χ2v) is 11.2. The number of amides is 2. The summed E-state index contributed by atoms with van der Waals surface area (Å²) in [6.45, 7) is 5.36. The summed E-state index contributed by atoms with van der Waals surface area (Å²) in [5.74, 6) is -0.365. The van der Waals surface area contributed by atoms with Gasteiger partial charge in [-0.2, -0.15) is 0 Å². The van der Waals surface area contributed by atoms with E-state index in [4.69, 9.17) is 26.4 Å². The van der Waals surface area contributed by atoms with Gasteiger partial charge < -0.3 is 19.5 Å². The average Bonchev–Trinajstić information content (AvgIpc) is 3.36. The molecule has 11 heteroatoms. The van der Waals surface area contributed by atoms with Gasteiger partial charge in [-0.1, -0.05) is 48.2 Å². The van der Waals surface area contributed by atoms with E-state index in [2.05, 4.69) is 5.32 Å². The maximum Gasteiger partial charge on any atom is 0.341 e. The van der Waals surface area contributed by atoms with Crippen molar-refractivity contribution in [1.82, 2.24) is 0 Å². The fourth-order valence-electron chi connectivity index (χ4n) is 3.78. The Balaban J connectivity index is 1.45. The summed E-state index contributed by atoms with van der Waals surface area (Å²) in [4.78, 5) is 41.0. The quantitative estimate of drug-likeness (QED) is 0.187. The molecule has 1 aromatic heterocycles. The fraction of sp³-hybridized carbons (Fsp3) is 0.214. The molecule has 1 saturated heterocycles. The third-order valence-corrected chi connectivity index (χ3v) is 8.19. The molecule has 0 bridgehead atoms. The van der Waals surface area contributed by atoms with Crippen molar-refractivity contribution in [1.29, 1.82) is 0 Å². The minimum atomic E-state index is -0.478. The number of hydrogen-bond donors (Lipinski definition) is 1. The van der Waals surface area contributed by atoms with Crippen LogP contribution in [0.1, 0.15) is 33.3 Å². The van der Waals surface area contributed by atoms with Crippen LogP contribution in [0.3, 0.4) is 0 Å². The smallest absolute Gasteiger partial charge is 0.341 e. The summed E-state index contributed by atoms with van der Waals surface area (Å²) in [6.07, 6.45) is 1.74. The second kappa shape index (κ2) is 12.5. The van der Waals surface area contributed by atoms with E-state index in [1.165, 1.54) is 35.1 Å². The van der Waals surface area contributed by atoms with Gasteiger partial charge in [0.2, 0.25) is 0 Å². The number of methoxy groups -OCH3 is 1. The Morgan fingerprint density at radius 2 is 1.85 bits per heavy atom. The molecule has 8 nitrogen and oxygen atoms in total. The van der Waals surface area contributed by atoms with Crippen LogP contribution in [0.4, 0.5) is 10.7 Å². The first kappa shape index (κ1) is 28.3. The van der Waals surface area contributed by atoms with E-state index in [-0.39, 0.29) is 19.1 Å². The molecular formula is C28H26N2O6S3. The highest BCUT2D eigenvalue weighted by Crippen LogP contribution is 2.37. The van der Waals surface area contributed by atoms with Crippen LogP contribution in [-0.2, 0) is 14.3 Å². The van der Waals surface area contributed by atoms with Crippen LogP contribution in [0.15, 0.2) is 53.4 Å². The van der Waals surface area contributed by atoms with E-state index >= 15 is 0 Å². The number of thiophene rings is 1. The molecule has 2 heterocycles. The normalized spacial score (nSPS) is 14.1. The lowest BCUT2D eigenvalue weighted by Gasteiger charge is -2.14. The molecule has 0 saturated carbocycles. The molecule has 0 aliphatic carbocycles. The zero-order valence-electron chi connectivity index (χ0n) is 21.7. The zero-order valence-corrected chi connectivity index (χ0v) is 24.2. The molecule has 1 fully saturated rings. The maximum absolute atomic E-state index is 13.0. The predicted molar refractivity (Wildman–Crippen MR) is 159 cm³/mol. The lowest BCUT2D eigenvalue weighted by atomic mass is 10.1. The molecule has 0 radical (unpaired) electrons. The summed E-state index contributed by atoms with van der Waals surface area (Å²) in [7, 11) is 1.49. The van der Waals surface area contributed by atoms with E-state index in [1.807, 2.05) is 44.2 Å². The molecule has 1 aliphatic heterocycles. The number of hydrogen-bond acceptors (Lipinski definition) is 9. The zero-order chi connectivity index (χ0) is 28.1. The topological polar surface area (TPSA) is 94.2 Å². The van der Waals surface area contributed by atoms with Crippen molar-refractivity contribution in [3.05, 3.63) is 75.0 Å². The molecule has 202 valence electrons. The molecule has 1 N–H and O–H groups in total. The van der Waals surface area contributed by atoms with Crippen LogP contribution < -0.4 is 19.7 Å². The third kappa shape index (κ3) is 6.32. The maximum atomic E-state index is 13.0. The standard InChI is InChI=1S/C28H26N2O6S3/c1-5-35-27(33)24-16(2)17(3)38-25(24)29-23(31)15-36-20-12-11-18(13-21(20)34-4)14-22-26(32)30(28(37)39-22)19-9-7-6-8-10-19/h6-14H,5,15H2,1-4H3,(H,29,31)/b22-14-. The SMILES string of the molecule is CCOC(=O)c1c(NC(=O)COc2ccc(/C=C3\SC(=S)N(c4ccccc4)C3=O)cc2OC)sc(C)c1C. The highest BCUT2D eigenvalue weighted by atomic mass is 32.2. The van der Waals surface area contributed by atoms with Gasteiger partial charge in [0.05, 0.1) is 29.9 Å². The van der Waals surface area contributed by atoms with Crippen molar-refractivity contribution < 1.29 is 28.6 Å². The Morgan fingerprint density at radius 1 is 1.10 bits per heavy atom. The number of carbonyl (C=O) groups is 3. The van der Waals surface area contributed by atoms with Gasteiger partial charge in [-0.25, -0.2) is 4.79 Å². The molecular weight excluding hydrogens is 557 g/mol. The Labute approximate surface area is 239 Å². The first-order valence-electron chi connectivity index (χ1n) is 11.9. The van der Waals surface area contributed by atoms with E-state index < -0.39 is 11.9 Å². The molecule has 2 aromatic carbocycles. The predicted octanol–water partition coefficient (Wildman–Crippen LogP) is 5.97. The van der Waals surface area contributed by atoms with Crippen LogP contribution >= 0.6 is 35.3 Å². The summed E-state index contributed by atoms with van der Waals surface area (Å²) in [5.41, 5.74) is 2.55. The number of carbonyl (C=O) groups excluding carboxylic acids is 3. The first-order chi connectivity index (χ1) is 18.7. The lowest BCUT2D eigenvalue weighted by molar-refractivity contribution is -0.118. The van der Waals surface area contributed by atoms with Crippen LogP contribution in [0.25, 0.3) is 6.08 Å². The van der Waals surface area contributed by atoms with Crippen LogP contribution in [0.5, 0.6) is 11.5 Å². The number of ether oxygens (including phenoxy) is 3. The van der Waals surface area contributed by atoms with Gasteiger partial charge in [0.25, 0.3) is 11.8 Å². The van der Waals surface area contributed by atoms with Gasteiger partial charge in [0.15, 0.2) is 22.4 Å². The number of nitrogens with zero attached hydrogens (tertiary/aromatic N) is 1. The Kier molecular flexibility index (Phi) is 9.05. The van der Waals surface area contributed by atoms with Crippen molar-refractivity contribution in [2.45, 2.75) is 20.8 Å². The van der Waals surface area contributed by atoms with Crippen LogP contribution in [0, 0.1) is 13.8 Å². The van der Waals surface area contributed by atoms with Crippen molar-refractivity contribution in [2.75, 3.05) is 30.5 Å². The fourth-order valence-corrected chi connectivity index (χ4v) is 6.15. The number of anilines is 2. The third-order valence-electron chi connectivity index (χ3n) is 5.77. The van der Waals surface area contributed by atoms with E-state index in [1.54, 1.807) is 31.2 Å². The van der Waals surface area contributed by atoms with Gasteiger partial charge in [0.1, 0.15) is 5.00 Å². The Hall–Kier alpha value is -3.67. The highest BCUT2D eigenvalue weighted by molar-refractivity contribution is 8.27. The van der Waals surface area contributed by atoms with Gasteiger partial charge >= 0.3 is 5.97 Å². The number of para-hydroxylation sites is 1. The van der Waals surface area contributed by atoms with E-state index in [0.29, 0.717) is 42.5 Å². The average molecular weight is 583 g/mol. The minimum Gasteiger partial charge on any atom is -0.493 e. The molecule has 39 heavy (non-hydrogen) atoms. The van der Waals surface area contributed by atoms with E-state index in [9.17, 15) is 14.4 Å². The number of benzene rings is 2. The number of esters is 1. The number of thiocarbonyl (C=S) groups is 1. The van der Waals surface area contributed by atoms with Gasteiger partial charge in [-0.05, 0) is 62.2 Å². The summed E-state index contributed by atoms with van der Waals surface area (Å²) in [6, 6.07) is 14.4. The summed E-state index contributed by atoms with van der Waals surface area (Å²) >= 11 is 7.96. The first-order valence-corrected chi connectivity index (χ1v) is 14.0. The molecule has 2 amide bonds. The largest absolute Gasteiger partial charge is 0.493 e. The van der Waals surface area contributed by atoms with Gasteiger partial charge in [0, 0.05) is 4.88 Å². The molecule has 0 spiro atoms. The minimum absolute atomic E-state index is 0.201. The number of rotatable bonds is 9. The van der Waals surface area contributed by atoms with Crippen molar-refractivity contribution in [3.63, 3.8) is 0 Å². The van der Waals surface area contributed by atoms with Crippen molar-refractivity contribution in [2.24, 2.45) is 0 Å². The highest BCUT2D eigenvalue weighted by Gasteiger charge is 2.33. The van der Waals surface area contributed by atoms with Crippen LogP contribution in [0.2, 0.25) is 0 Å². The Bertz CT molecular complexity index is 1470. The molecule has 1 aliphatic rings. The molecule has 3 aromatic rings. The molecule has 4 rings (SSSR count). The Morgan fingerprint density at radius 3 is 2.54 bits per heavy atom. The molecule has 0 atom stereocenters. The number of nitrogens with one attached hydrogen (secondary N) is 1. The number of thioether (sulfide) groups is 1. The lowest BCUT2D eigenvalue weighted by Crippen LogP contribution is -2.27. The van der Waals surface area contributed by atoms with Gasteiger partial charge in [-0.15, -0.1) is 11.3 Å². The second-order valence-electron chi connectivity index (χ2n) is 8.31. The van der Waals surface area contributed by atoms with E-state index in [0.717, 1.165) is 10.4 Å². The number of aryl methyl sites for hydroxylation is 1. The summed E-state index contributed by atoms with van der Waals surface area (Å²) < 4.78 is 16.8. The van der Waals surface area contributed by atoms with Gasteiger partial charge in [-0.3, -0.25) is 14.5 Å². The monoisotopic (exact) mass is 582 g/mol. The van der Waals surface area contributed by atoms with Crippen molar-refractivity contribution >= 4 is 74.2 Å². The van der Waals surface area contributed by atoms with Crippen LogP contribution in [-0.4, -0.2) is 42.4 Å². The summed E-state index contributed by atoms with van der Waals surface area (Å²) in [5, 5.41) is 3.18.